The van der Waals surface area contributed by atoms with E-state index in [1.165, 1.54) is 12.4 Å². The third-order valence-corrected chi connectivity index (χ3v) is 1.55. The predicted molar refractivity (Wildman–Crippen MR) is 59.3 cm³/mol. The molecule has 7 nitrogen and oxygen atoms in total. The quantitative estimate of drug-likeness (QED) is 0.290. The van der Waals surface area contributed by atoms with Crippen molar-refractivity contribution < 1.29 is 14.3 Å². The topological polar surface area (TPSA) is 97.1 Å². The number of nitrogens with zero attached hydrogens (tertiary/aromatic N) is 2. The second-order valence-electron chi connectivity index (χ2n) is 4.26. The number of rotatable bonds is 0. The summed E-state index contributed by atoms with van der Waals surface area (Å²) in [6.07, 6.45) is 2.92. The van der Waals surface area contributed by atoms with Gasteiger partial charge in [-0.2, -0.15) is 5.10 Å². The molecule has 0 unspecified atom stereocenters. The molecule has 0 fully saturated rings. The van der Waals surface area contributed by atoms with E-state index in [1.54, 1.807) is 26.8 Å². The Balaban J connectivity index is 2.55. The first-order chi connectivity index (χ1) is 7.79. The van der Waals surface area contributed by atoms with Crippen molar-refractivity contribution in [3.05, 3.63) is 18.5 Å². The largest absolute Gasteiger partial charge is 0.453 e. The fraction of sp³-hybridized carbons (Fsp3) is 0.400. The highest BCUT2D eigenvalue weighted by atomic mass is 16.6. The summed E-state index contributed by atoms with van der Waals surface area (Å²) in [6, 6.07) is 1.59. The highest BCUT2D eigenvalue weighted by Crippen LogP contribution is 2.06. The summed E-state index contributed by atoms with van der Waals surface area (Å²) in [6.45, 7) is 4.95. The molecule has 2 N–H and O–H groups in total. The Morgan fingerprint density at radius 2 is 2.06 bits per heavy atom. The van der Waals surface area contributed by atoms with Crippen LogP contribution in [0.15, 0.2) is 18.5 Å². The molecule has 7 heteroatoms. The lowest BCUT2D eigenvalue weighted by atomic mass is 10.2. The molecule has 0 aliphatic heterocycles. The number of nitrogens with one attached hydrogen (secondary N) is 2. The zero-order valence-corrected chi connectivity index (χ0v) is 9.85. The highest BCUT2D eigenvalue weighted by molar-refractivity contribution is 6.35. The maximum atomic E-state index is 11.4. The van der Waals surface area contributed by atoms with Crippen LogP contribution in [0.1, 0.15) is 20.8 Å². The second-order valence-corrected chi connectivity index (χ2v) is 4.26. The minimum atomic E-state index is -1.03. The molecular formula is C10H14N4O3. The van der Waals surface area contributed by atoms with Gasteiger partial charge in [-0.1, -0.05) is 0 Å². The van der Waals surface area contributed by atoms with Crippen LogP contribution < -0.4 is 5.32 Å². The molecule has 1 amide bonds. The van der Waals surface area contributed by atoms with Gasteiger partial charge >= 0.3 is 11.9 Å². The van der Waals surface area contributed by atoms with Crippen LogP contribution in [-0.2, 0) is 14.3 Å². The summed E-state index contributed by atoms with van der Waals surface area (Å²) in [5, 5.41) is 13.3. The molecule has 1 aromatic heterocycles. The molecule has 17 heavy (non-hydrogen) atoms. The number of carbonyl (C=O) groups excluding carboxylic acids is 2. The number of esters is 1. The maximum Gasteiger partial charge on any atom is 0.397 e. The Morgan fingerprint density at radius 3 is 2.53 bits per heavy atom. The molecule has 0 atom stereocenters. The van der Waals surface area contributed by atoms with Crippen LogP contribution in [0.4, 0.5) is 0 Å². The minimum Gasteiger partial charge on any atom is -0.453 e. The minimum absolute atomic E-state index is 0.314. The van der Waals surface area contributed by atoms with E-state index in [1.807, 2.05) is 0 Å². The van der Waals surface area contributed by atoms with E-state index < -0.39 is 17.5 Å². The molecule has 0 aliphatic carbocycles. The molecule has 1 rings (SSSR count). The average molecular weight is 238 g/mol. The summed E-state index contributed by atoms with van der Waals surface area (Å²) in [4.78, 5) is 22.7. The van der Waals surface area contributed by atoms with E-state index >= 15 is 0 Å². The van der Waals surface area contributed by atoms with Gasteiger partial charge in [0.05, 0.1) is 0 Å². The van der Waals surface area contributed by atoms with E-state index in [0.29, 0.717) is 0 Å². The van der Waals surface area contributed by atoms with E-state index in [0.717, 1.165) is 4.68 Å². The Bertz CT molecular complexity index is 431. The van der Waals surface area contributed by atoms with Crippen molar-refractivity contribution in [1.29, 1.82) is 5.41 Å². The fourth-order valence-corrected chi connectivity index (χ4v) is 0.941. The summed E-state index contributed by atoms with van der Waals surface area (Å²) >= 11 is 0. The molecule has 92 valence electrons. The van der Waals surface area contributed by atoms with Crippen molar-refractivity contribution in [3.8, 4) is 0 Å². The molecule has 0 radical (unpaired) electrons. The van der Waals surface area contributed by atoms with Crippen LogP contribution in [-0.4, -0.2) is 33.2 Å². The van der Waals surface area contributed by atoms with Gasteiger partial charge in [-0.3, -0.25) is 15.5 Å². The van der Waals surface area contributed by atoms with Gasteiger partial charge in [-0.15, -0.1) is 0 Å². The standard InChI is InChI=1S/C10H14N4O3/c1-10(2,3)17-8(16)7(15)13-9(11)14-6-4-5-12-14/h4-6H,1-3H3,(H2,11,13,15). The molecule has 0 saturated carbocycles. The summed E-state index contributed by atoms with van der Waals surface area (Å²) in [5.41, 5.74) is -0.748. The van der Waals surface area contributed by atoms with Gasteiger partial charge in [0.15, 0.2) is 0 Å². The molecular weight excluding hydrogens is 224 g/mol. The average Bonchev–Trinajstić information content (AvgIpc) is 2.67. The maximum absolute atomic E-state index is 11.4. The smallest absolute Gasteiger partial charge is 0.397 e. The van der Waals surface area contributed by atoms with E-state index in [2.05, 4.69) is 10.4 Å². The highest BCUT2D eigenvalue weighted by Gasteiger charge is 2.23. The second kappa shape index (κ2) is 4.77. The molecule has 0 bridgehead atoms. The number of ether oxygens (including phenoxy) is 1. The fourth-order valence-electron chi connectivity index (χ4n) is 0.941. The van der Waals surface area contributed by atoms with Crippen LogP contribution in [0.2, 0.25) is 0 Å². The lowest BCUT2D eigenvalue weighted by Crippen LogP contribution is -2.42. The van der Waals surface area contributed by atoms with Gasteiger partial charge in [0, 0.05) is 12.4 Å². The number of hydrogen-bond acceptors (Lipinski definition) is 5. The number of aromatic nitrogens is 2. The van der Waals surface area contributed by atoms with E-state index in [4.69, 9.17) is 10.1 Å². The van der Waals surface area contributed by atoms with Crippen molar-refractivity contribution in [2.75, 3.05) is 0 Å². The van der Waals surface area contributed by atoms with Gasteiger partial charge in [0.1, 0.15) is 5.60 Å². The molecule has 1 heterocycles. The Labute approximate surface area is 98.3 Å². The van der Waals surface area contributed by atoms with Gasteiger partial charge in [0.2, 0.25) is 5.96 Å². The molecule has 0 aliphatic rings. The first kappa shape index (κ1) is 12.9. The van der Waals surface area contributed by atoms with Crippen LogP contribution in [0.3, 0.4) is 0 Å². The van der Waals surface area contributed by atoms with E-state index in [9.17, 15) is 9.59 Å². The van der Waals surface area contributed by atoms with Crippen molar-refractivity contribution in [1.82, 2.24) is 15.1 Å². The normalized spacial score (nSPS) is 10.8. The Kier molecular flexibility index (Phi) is 3.62. The van der Waals surface area contributed by atoms with Crippen LogP contribution in [0, 0.1) is 5.41 Å². The van der Waals surface area contributed by atoms with Crippen LogP contribution >= 0.6 is 0 Å². The Morgan fingerprint density at radius 1 is 1.41 bits per heavy atom. The molecule has 0 saturated heterocycles. The van der Waals surface area contributed by atoms with E-state index in [-0.39, 0.29) is 5.96 Å². The third kappa shape index (κ3) is 4.06. The zero-order valence-electron chi connectivity index (χ0n) is 9.85. The summed E-state index contributed by atoms with van der Waals surface area (Å²) in [5.74, 6) is -2.35. The van der Waals surface area contributed by atoms with Crippen LogP contribution in [0.25, 0.3) is 0 Å². The van der Waals surface area contributed by atoms with Gasteiger partial charge < -0.3 is 4.74 Å². The molecule has 1 aromatic rings. The molecule has 0 spiro atoms. The molecule has 0 aromatic carbocycles. The van der Waals surface area contributed by atoms with Gasteiger partial charge in [-0.05, 0) is 26.8 Å². The number of hydrogen-bond donors (Lipinski definition) is 2. The van der Waals surface area contributed by atoms with Crippen molar-refractivity contribution in [2.45, 2.75) is 26.4 Å². The monoisotopic (exact) mass is 238 g/mol. The lowest BCUT2D eigenvalue weighted by Gasteiger charge is -2.18. The van der Waals surface area contributed by atoms with Crippen molar-refractivity contribution >= 4 is 17.8 Å². The lowest BCUT2D eigenvalue weighted by molar-refractivity contribution is -0.162. The zero-order chi connectivity index (χ0) is 13.1. The summed E-state index contributed by atoms with van der Waals surface area (Å²) in [7, 11) is 0. The number of amides is 1. The first-order valence-electron chi connectivity index (χ1n) is 4.92. The van der Waals surface area contributed by atoms with Gasteiger partial charge in [0.25, 0.3) is 0 Å². The first-order valence-corrected chi connectivity index (χ1v) is 4.92. The summed E-state index contributed by atoms with van der Waals surface area (Å²) < 4.78 is 5.95. The van der Waals surface area contributed by atoms with Crippen molar-refractivity contribution in [3.63, 3.8) is 0 Å². The van der Waals surface area contributed by atoms with Gasteiger partial charge in [-0.25, -0.2) is 9.48 Å². The van der Waals surface area contributed by atoms with Crippen LogP contribution in [0.5, 0.6) is 0 Å². The predicted octanol–water partition coefficient (Wildman–Crippen LogP) is 0.124. The van der Waals surface area contributed by atoms with Crippen molar-refractivity contribution in [2.24, 2.45) is 0 Å². The third-order valence-electron chi connectivity index (χ3n) is 1.55. The Hall–Kier alpha value is -2.18. The number of carbonyl (C=O) groups is 2. The SMILES string of the molecule is CC(C)(C)OC(=O)C(=O)NC(=N)n1cccn1.